The van der Waals surface area contributed by atoms with Gasteiger partial charge >= 0.3 is 0 Å². The number of nitrogens with one attached hydrogen (secondary N) is 1. The second-order valence-electron chi connectivity index (χ2n) is 5.24. The lowest BCUT2D eigenvalue weighted by Gasteiger charge is -2.22. The molecular formula is C16H15ClF2N2O3S. The molecule has 0 saturated heterocycles. The van der Waals surface area contributed by atoms with Gasteiger partial charge in [-0.1, -0.05) is 17.7 Å². The molecule has 2 aromatic carbocycles. The van der Waals surface area contributed by atoms with Gasteiger partial charge in [-0.15, -0.1) is 0 Å². The predicted molar refractivity (Wildman–Crippen MR) is 93.2 cm³/mol. The SMILES string of the molecule is CS(=O)(=O)N(CCC(=O)Nc1cccc(F)c1)c1ccc(F)c(Cl)c1. The van der Waals surface area contributed by atoms with Crippen LogP contribution < -0.4 is 9.62 Å². The van der Waals surface area contributed by atoms with Gasteiger partial charge in [0.2, 0.25) is 15.9 Å². The average Bonchev–Trinajstić information content (AvgIpc) is 2.49. The smallest absolute Gasteiger partial charge is 0.232 e. The predicted octanol–water partition coefficient (Wildman–Crippen LogP) is 3.41. The number of halogens is 3. The van der Waals surface area contributed by atoms with Crippen LogP contribution in [0.3, 0.4) is 0 Å². The first-order chi connectivity index (χ1) is 11.7. The highest BCUT2D eigenvalue weighted by molar-refractivity contribution is 7.92. The van der Waals surface area contributed by atoms with E-state index < -0.39 is 27.6 Å². The Morgan fingerprint density at radius 3 is 2.52 bits per heavy atom. The lowest BCUT2D eigenvalue weighted by molar-refractivity contribution is -0.116. The van der Waals surface area contributed by atoms with Gasteiger partial charge in [-0.2, -0.15) is 0 Å². The molecule has 0 aliphatic heterocycles. The first-order valence-electron chi connectivity index (χ1n) is 7.15. The topological polar surface area (TPSA) is 66.5 Å². The fourth-order valence-corrected chi connectivity index (χ4v) is 3.21. The number of sulfonamides is 1. The maximum absolute atomic E-state index is 13.3. The zero-order valence-electron chi connectivity index (χ0n) is 13.2. The number of carbonyl (C=O) groups excluding carboxylic acids is 1. The van der Waals surface area contributed by atoms with E-state index in [0.717, 1.165) is 22.7 Å². The van der Waals surface area contributed by atoms with Crippen LogP contribution in [0.4, 0.5) is 20.2 Å². The van der Waals surface area contributed by atoms with Crippen LogP contribution in [0.5, 0.6) is 0 Å². The summed E-state index contributed by atoms with van der Waals surface area (Å²) in [6.45, 7) is -0.179. The maximum atomic E-state index is 13.3. The summed E-state index contributed by atoms with van der Waals surface area (Å²) in [5, 5.41) is 2.25. The van der Waals surface area contributed by atoms with Crippen molar-refractivity contribution < 1.29 is 22.0 Å². The van der Waals surface area contributed by atoms with Gasteiger partial charge in [-0.05, 0) is 36.4 Å². The molecule has 0 fully saturated rings. The molecule has 1 N–H and O–H groups in total. The van der Waals surface area contributed by atoms with Gasteiger partial charge in [0, 0.05) is 18.7 Å². The summed E-state index contributed by atoms with van der Waals surface area (Å²) in [6, 6.07) is 8.80. The van der Waals surface area contributed by atoms with Gasteiger partial charge in [-0.25, -0.2) is 17.2 Å². The number of hydrogen-bond acceptors (Lipinski definition) is 3. The van der Waals surface area contributed by atoms with Crippen LogP contribution in [0.2, 0.25) is 5.02 Å². The van der Waals surface area contributed by atoms with E-state index >= 15 is 0 Å². The minimum absolute atomic E-state index is 0.146. The van der Waals surface area contributed by atoms with Crippen LogP contribution in [-0.2, 0) is 14.8 Å². The summed E-state index contributed by atoms with van der Waals surface area (Å²) < 4.78 is 51.2. The zero-order valence-corrected chi connectivity index (χ0v) is 14.7. The summed E-state index contributed by atoms with van der Waals surface area (Å²) in [6.07, 6.45) is 0.785. The van der Waals surface area contributed by atoms with Crippen LogP contribution in [0.15, 0.2) is 42.5 Å². The van der Waals surface area contributed by atoms with E-state index in [9.17, 15) is 22.0 Å². The summed E-state index contributed by atoms with van der Waals surface area (Å²) >= 11 is 5.68. The maximum Gasteiger partial charge on any atom is 0.232 e. The highest BCUT2D eigenvalue weighted by Crippen LogP contribution is 2.24. The highest BCUT2D eigenvalue weighted by Gasteiger charge is 2.19. The zero-order chi connectivity index (χ0) is 18.6. The van der Waals surface area contributed by atoms with Crippen LogP contribution in [-0.4, -0.2) is 27.1 Å². The van der Waals surface area contributed by atoms with E-state index in [1.165, 1.54) is 30.3 Å². The number of amides is 1. The molecule has 0 aliphatic carbocycles. The van der Waals surface area contributed by atoms with Crippen LogP contribution in [0, 0.1) is 11.6 Å². The van der Waals surface area contributed by atoms with Gasteiger partial charge in [0.05, 0.1) is 17.0 Å². The van der Waals surface area contributed by atoms with Crippen molar-refractivity contribution in [1.82, 2.24) is 0 Å². The van der Waals surface area contributed by atoms with Crippen molar-refractivity contribution in [3.05, 3.63) is 59.1 Å². The van der Waals surface area contributed by atoms with E-state index in [1.54, 1.807) is 0 Å². The third-order valence-electron chi connectivity index (χ3n) is 3.24. The molecule has 0 radical (unpaired) electrons. The van der Waals surface area contributed by atoms with E-state index in [0.29, 0.717) is 0 Å². The second kappa shape index (κ2) is 7.79. The Kier molecular flexibility index (Phi) is 5.97. The number of benzene rings is 2. The molecule has 0 saturated carbocycles. The average molecular weight is 389 g/mol. The van der Waals surface area contributed by atoms with Crippen LogP contribution >= 0.6 is 11.6 Å². The second-order valence-corrected chi connectivity index (χ2v) is 7.56. The molecule has 0 aliphatic rings. The van der Waals surface area contributed by atoms with Crippen molar-refractivity contribution in [2.75, 3.05) is 22.4 Å². The molecule has 0 unspecified atom stereocenters. The Hall–Kier alpha value is -2.19. The van der Waals surface area contributed by atoms with Gasteiger partial charge < -0.3 is 5.32 Å². The number of hydrogen-bond donors (Lipinski definition) is 1. The molecule has 0 spiro atoms. The van der Waals surface area contributed by atoms with E-state index in [4.69, 9.17) is 11.6 Å². The third-order valence-corrected chi connectivity index (χ3v) is 4.73. The normalized spacial score (nSPS) is 11.2. The Morgan fingerprint density at radius 1 is 1.20 bits per heavy atom. The minimum Gasteiger partial charge on any atom is -0.326 e. The molecule has 0 atom stereocenters. The van der Waals surface area contributed by atoms with Crippen molar-refractivity contribution >= 4 is 38.9 Å². The fraction of sp³-hybridized carbons (Fsp3) is 0.188. The number of anilines is 2. The summed E-state index contributed by atoms with van der Waals surface area (Å²) in [7, 11) is -3.71. The van der Waals surface area contributed by atoms with E-state index in [1.807, 2.05) is 0 Å². The Bertz CT molecular complexity index is 891. The molecule has 2 rings (SSSR count). The van der Waals surface area contributed by atoms with Gasteiger partial charge in [0.15, 0.2) is 0 Å². The molecule has 0 heterocycles. The molecule has 9 heteroatoms. The van der Waals surface area contributed by atoms with Gasteiger partial charge in [-0.3, -0.25) is 9.10 Å². The molecule has 1 amide bonds. The highest BCUT2D eigenvalue weighted by atomic mass is 35.5. The van der Waals surface area contributed by atoms with Crippen LogP contribution in [0.1, 0.15) is 6.42 Å². The van der Waals surface area contributed by atoms with E-state index in [-0.39, 0.29) is 29.4 Å². The fourth-order valence-electron chi connectivity index (χ4n) is 2.12. The number of rotatable bonds is 6. The van der Waals surface area contributed by atoms with Gasteiger partial charge in [0.25, 0.3) is 0 Å². The number of nitrogens with zero attached hydrogens (tertiary/aromatic N) is 1. The minimum atomic E-state index is -3.71. The monoisotopic (exact) mass is 388 g/mol. The van der Waals surface area contributed by atoms with Crippen molar-refractivity contribution in [2.45, 2.75) is 6.42 Å². The van der Waals surface area contributed by atoms with E-state index in [2.05, 4.69) is 5.32 Å². The van der Waals surface area contributed by atoms with Crippen molar-refractivity contribution in [1.29, 1.82) is 0 Å². The standard InChI is InChI=1S/C16H15ClF2N2O3S/c1-25(23,24)21(13-5-6-15(19)14(17)10-13)8-7-16(22)20-12-4-2-3-11(18)9-12/h2-6,9-10H,7-8H2,1H3,(H,20,22). The largest absolute Gasteiger partial charge is 0.326 e. The van der Waals surface area contributed by atoms with Crippen LogP contribution in [0.25, 0.3) is 0 Å². The lowest BCUT2D eigenvalue weighted by Crippen LogP contribution is -2.33. The molecule has 2 aromatic rings. The molecule has 5 nitrogen and oxygen atoms in total. The Balaban J connectivity index is 2.10. The summed E-state index contributed by atoms with van der Waals surface area (Å²) in [5.74, 6) is -1.67. The molecule has 25 heavy (non-hydrogen) atoms. The number of carbonyl (C=O) groups is 1. The molecule has 134 valence electrons. The first kappa shape index (κ1) is 19.1. The van der Waals surface area contributed by atoms with Gasteiger partial charge in [0.1, 0.15) is 11.6 Å². The summed E-state index contributed by atoms with van der Waals surface area (Å²) in [5.41, 5.74) is 0.410. The molecule has 0 aromatic heterocycles. The van der Waals surface area contributed by atoms with Crippen molar-refractivity contribution in [3.8, 4) is 0 Å². The van der Waals surface area contributed by atoms with Crippen molar-refractivity contribution in [3.63, 3.8) is 0 Å². The molecule has 0 bridgehead atoms. The third kappa shape index (κ3) is 5.40. The summed E-state index contributed by atoms with van der Waals surface area (Å²) in [4.78, 5) is 12.0. The Labute approximate surface area is 149 Å². The first-order valence-corrected chi connectivity index (χ1v) is 9.37. The lowest BCUT2D eigenvalue weighted by atomic mass is 10.2. The quantitative estimate of drug-likeness (QED) is 0.824. The Morgan fingerprint density at radius 2 is 1.92 bits per heavy atom. The van der Waals surface area contributed by atoms with Crippen molar-refractivity contribution in [2.24, 2.45) is 0 Å². The molecular weight excluding hydrogens is 374 g/mol.